The van der Waals surface area contributed by atoms with Crippen LogP contribution in [-0.2, 0) is 11.2 Å². The first kappa shape index (κ1) is 16.5. The summed E-state index contributed by atoms with van der Waals surface area (Å²) >= 11 is 0. The van der Waals surface area contributed by atoms with Gasteiger partial charge < -0.3 is 16.4 Å². The van der Waals surface area contributed by atoms with E-state index in [4.69, 9.17) is 5.73 Å². The highest BCUT2D eigenvalue weighted by molar-refractivity contribution is 5.98. The number of carbonyl (C=O) groups excluding carboxylic acids is 2. The van der Waals surface area contributed by atoms with Gasteiger partial charge >= 0.3 is 6.03 Å². The van der Waals surface area contributed by atoms with Crippen molar-refractivity contribution in [3.8, 4) is 0 Å². The van der Waals surface area contributed by atoms with E-state index >= 15 is 0 Å². The summed E-state index contributed by atoms with van der Waals surface area (Å²) in [5.41, 5.74) is 6.84. The van der Waals surface area contributed by atoms with Crippen molar-refractivity contribution in [1.82, 2.24) is 5.32 Å². The third-order valence-electron chi connectivity index (χ3n) is 3.93. The Balaban J connectivity index is 1.77. The van der Waals surface area contributed by atoms with E-state index in [1.165, 1.54) is 0 Å². The molecule has 5 heteroatoms. The van der Waals surface area contributed by atoms with Crippen LogP contribution in [0.5, 0.6) is 0 Å². The van der Waals surface area contributed by atoms with Gasteiger partial charge in [-0.3, -0.25) is 4.79 Å². The van der Waals surface area contributed by atoms with Crippen LogP contribution < -0.4 is 16.4 Å². The van der Waals surface area contributed by atoms with Crippen LogP contribution in [0.1, 0.15) is 5.56 Å². The van der Waals surface area contributed by atoms with Gasteiger partial charge in [-0.05, 0) is 28.5 Å². The molecule has 0 saturated carbocycles. The van der Waals surface area contributed by atoms with Gasteiger partial charge in [-0.1, -0.05) is 60.7 Å². The van der Waals surface area contributed by atoms with E-state index < -0.39 is 12.1 Å². The van der Waals surface area contributed by atoms with Gasteiger partial charge in [0, 0.05) is 12.1 Å². The number of rotatable bonds is 5. The molecule has 0 aromatic heterocycles. The summed E-state index contributed by atoms with van der Waals surface area (Å²) in [7, 11) is 0. The number of hydrogen-bond acceptors (Lipinski definition) is 2. The number of amides is 3. The third-order valence-corrected chi connectivity index (χ3v) is 3.93. The second kappa shape index (κ2) is 7.49. The van der Waals surface area contributed by atoms with Crippen molar-refractivity contribution >= 4 is 28.4 Å². The highest BCUT2D eigenvalue weighted by atomic mass is 16.2. The SMILES string of the molecule is NC(=O)N[C@H](Cc1ccccc1)C(=O)Nc1ccc2ccccc2c1. The molecule has 25 heavy (non-hydrogen) atoms. The molecule has 126 valence electrons. The van der Waals surface area contributed by atoms with E-state index in [0.717, 1.165) is 16.3 Å². The number of anilines is 1. The summed E-state index contributed by atoms with van der Waals surface area (Å²) in [6.45, 7) is 0. The molecule has 3 rings (SSSR count). The van der Waals surface area contributed by atoms with E-state index in [1.807, 2.05) is 72.8 Å². The Morgan fingerprint density at radius 2 is 1.56 bits per heavy atom. The molecule has 3 aromatic rings. The Bertz CT molecular complexity index is 894. The number of hydrogen-bond donors (Lipinski definition) is 3. The number of nitrogens with one attached hydrogen (secondary N) is 2. The van der Waals surface area contributed by atoms with Crippen LogP contribution in [0.2, 0.25) is 0 Å². The van der Waals surface area contributed by atoms with E-state index in [2.05, 4.69) is 10.6 Å². The van der Waals surface area contributed by atoms with Gasteiger partial charge in [0.25, 0.3) is 0 Å². The number of primary amides is 1. The zero-order chi connectivity index (χ0) is 17.6. The molecule has 0 aliphatic carbocycles. The third kappa shape index (κ3) is 4.35. The van der Waals surface area contributed by atoms with Gasteiger partial charge in [0.2, 0.25) is 5.91 Å². The normalized spacial score (nSPS) is 11.7. The molecule has 4 N–H and O–H groups in total. The maximum atomic E-state index is 12.6. The van der Waals surface area contributed by atoms with E-state index in [0.29, 0.717) is 12.1 Å². The molecule has 3 aromatic carbocycles. The van der Waals surface area contributed by atoms with Gasteiger partial charge in [0.1, 0.15) is 6.04 Å². The van der Waals surface area contributed by atoms with Gasteiger partial charge in [0.05, 0.1) is 0 Å². The first-order valence-corrected chi connectivity index (χ1v) is 8.01. The lowest BCUT2D eigenvalue weighted by molar-refractivity contribution is -0.117. The smallest absolute Gasteiger partial charge is 0.312 e. The summed E-state index contributed by atoms with van der Waals surface area (Å²) in [5.74, 6) is -0.307. The fraction of sp³-hybridized carbons (Fsp3) is 0.100. The zero-order valence-electron chi connectivity index (χ0n) is 13.6. The summed E-state index contributed by atoms with van der Waals surface area (Å²) < 4.78 is 0. The molecule has 3 amide bonds. The van der Waals surface area contributed by atoms with Gasteiger partial charge in [0.15, 0.2) is 0 Å². The van der Waals surface area contributed by atoms with Crippen molar-refractivity contribution < 1.29 is 9.59 Å². The maximum Gasteiger partial charge on any atom is 0.312 e. The van der Waals surface area contributed by atoms with Gasteiger partial charge in [-0.2, -0.15) is 0 Å². The Morgan fingerprint density at radius 3 is 2.28 bits per heavy atom. The average Bonchev–Trinajstić information content (AvgIpc) is 2.61. The van der Waals surface area contributed by atoms with Crippen LogP contribution >= 0.6 is 0 Å². The minimum absolute atomic E-state index is 0.307. The zero-order valence-corrected chi connectivity index (χ0v) is 13.6. The fourth-order valence-electron chi connectivity index (χ4n) is 2.73. The molecule has 0 aliphatic rings. The van der Waals surface area contributed by atoms with E-state index in [1.54, 1.807) is 0 Å². The second-order valence-electron chi connectivity index (χ2n) is 5.80. The predicted octanol–water partition coefficient (Wildman–Crippen LogP) is 3.06. The molecule has 0 unspecified atom stereocenters. The van der Waals surface area contributed by atoms with Gasteiger partial charge in [-0.25, -0.2) is 4.79 Å². The monoisotopic (exact) mass is 333 g/mol. The average molecular weight is 333 g/mol. The lowest BCUT2D eigenvalue weighted by Crippen LogP contribution is -2.47. The molecular formula is C20H19N3O2. The molecule has 1 atom stereocenters. The van der Waals surface area contributed by atoms with E-state index in [-0.39, 0.29) is 5.91 Å². The first-order chi connectivity index (χ1) is 12.1. The van der Waals surface area contributed by atoms with Crippen molar-refractivity contribution in [3.63, 3.8) is 0 Å². The Morgan fingerprint density at radius 1 is 0.880 bits per heavy atom. The van der Waals surface area contributed by atoms with E-state index in [9.17, 15) is 9.59 Å². The second-order valence-corrected chi connectivity index (χ2v) is 5.80. The molecule has 5 nitrogen and oxygen atoms in total. The molecule has 0 radical (unpaired) electrons. The molecule has 0 fully saturated rings. The molecule has 0 aliphatic heterocycles. The highest BCUT2D eigenvalue weighted by Gasteiger charge is 2.20. The Kier molecular flexibility index (Phi) is 4.95. The maximum absolute atomic E-state index is 12.6. The van der Waals surface area contributed by atoms with Crippen LogP contribution in [0, 0.1) is 0 Å². The summed E-state index contributed by atoms with van der Waals surface area (Å²) in [4.78, 5) is 23.9. The predicted molar refractivity (Wildman–Crippen MR) is 99.2 cm³/mol. The molecular weight excluding hydrogens is 314 g/mol. The van der Waals surface area contributed by atoms with Crippen molar-refractivity contribution in [2.45, 2.75) is 12.5 Å². The summed E-state index contributed by atoms with van der Waals surface area (Å²) in [5, 5.41) is 7.49. The minimum Gasteiger partial charge on any atom is -0.352 e. The Labute approximate surface area is 145 Å². The number of urea groups is 1. The number of nitrogens with two attached hydrogens (primary N) is 1. The van der Waals surface area contributed by atoms with Crippen molar-refractivity contribution in [2.24, 2.45) is 5.73 Å². The quantitative estimate of drug-likeness (QED) is 0.670. The largest absolute Gasteiger partial charge is 0.352 e. The van der Waals surface area contributed by atoms with Crippen LogP contribution in [0.15, 0.2) is 72.8 Å². The van der Waals surface area contributed by atoms with Crippen LogP contribution in [0.25, 0.3) is 10.8 Å². The molecule has 0 saturated heterocycles. The van der Waals surface area contributed by atoms with Crippen molar-refractivity contribution in [1.29, 1.82) is 0 Å². The van der Waals surface area contributed by atoms with Crippen LogP contribution in [-0.4, -0.2) is 18.0 Å². The van der Waals surface area contributed by atoms with Crippen LogP contribution in [0.4, 0.5) is 10.5 Å². The van der Waals surface area contributed by atoms with Gasteiger partial charge in [-0.15, -0.1) is 0 Å². The lowest BCUT2D eigenvalue weighted by atomic mass is 10.0. The molecule has 0 spiro atoms. The van der Waals surface area contributed by atoms with Crippen LogP contribution in [0.3, 0.4) is 0 Å². The number of benzene rings is 3. The fourth-order valence-corrected chi connectivity index (χ4v) is 2.73. The Hall–Kier alpha value is -3.34. The standard InChI is InChI=1S/C20H19N3O2/c21-20(25)23-18(12-14-6-2-1-3-7-14)19(24)22-17-11-10-15-8-4-5-9-16(15)13-17/h1-11,13,18H,12H2,(H,22,24)(H3,21,23,25)/t18-/m1/s1. The minimum atomic E-state index is -0.744. The summed E-state index contributed by atoms with van der Waals surface area (Å²) in [6.07, 6.45) is 0.364. The number of fused-ring (bicyclic) bond motifs is 1. The van der Waals surface area contributed by atoms with Crippen molar-refractivity contribution in [3.05, 3.63) is 78.4 Å². The lowest BCUT2D eigenvalue weighted by Gasteiger charge is -2.17. The molecule has 0 heterocycles. The molecule has 0 bridgehead atoms. The summed E-state index contributed by atoms with van der Waals surface area (Å²) in [6, 6.07) is 21.6. The number of carbonyl (C=O) groups is 2. The van der Waals surface area contributed by atoms with Crippen molar-refractivity contribution in [2.75, 3.05) is 5.32 Å². The first-order valence-electron chi connectivity index (χ1n) is 8.01. The topological polar surface area (TPSA) is 84.2 Å². The highest BCUT2D eigenvalue weighted by Crippen LogP contribution is 2.19.